The number of nitrogens with zero attached hydrogens (tertiary/aromatic N) is 2. The first-order valence-corrected chi connectivity index (χ1v) is 11.2. The smallest absolute Gasteiger partial charge is 0.217 e. The number of para-hydroxylation sites is 1. The highest BCUT2D eigenvalue weighted by molar-refractivity contribution is 7.18. The molecule has 1 aromatic carbocycles. The van der Waals surface area contributed by atoms with Gasteiger partial charge in [0.1, 0.15) is 6.10 Å². The molecule has 1 aliphatic heterocycles. The summed E-state index contributed by atoms with van der Waals surface area (Å²) in [5.74, 6) is 1.92. The van der Waals surface area contributed by atoms with Crippen LogP contribution in [0.1, 0.15) is 60.9 Å². The molecule has 3 aromatic rings. The molecule has 5 heteroatoms. The molecule has 5 rings (SSSR count). The van der Waals surface area contributed by atoms with Gasteiger partial charge in [0.2, 0.25) is 5.88 Å². The van der Waals surface area contributed by atoms with Gasteiger partial charge in [-0.3, -0.25) is 0 Å². The highest BCUT2D eigenvalue weighted by Gasteiger charge is 2.28. The fraction of sp³-hybridized carbons (Fsp3) is 0.478. The fourth-order valence-corrected chi connectivity index (χ4v) is 5.61. The Hall–Kier alpha value is -1.98. The van der Waals surface area contributed by atoms with Gasteiger partial charge in [-0.1, -0.05) is 18.2 Å². The molecule has 2 fully saturated rings. The number of hydrogen-bond acceptors (Lipinski definition) is 5. The van der Waals surface area contributed by atoms with Crippen molar-refractivity contribution >= 4 is 21.6 Å². The maximum atomic E-state index is 6.41. The molecule has 0 bridgehead atoms. The van der Waals surface area contributed by atoms with Crippen molar-refractivity contribution < 1.29 is 9.47 Å². The third kappa shape index (κ3) is 3.78. The van der Waals surface area contributed by atoms with Crippen LogP contribution in [0.5, 0.6) is 5.88 Å². The van der Waals surface area contributed by atoms with Gasteiger partial charge in [-0.2, -0.15) is 0 Å². The zero-order chi connectivity index (χ0) is 18.8. The lowest BCUT2D eigenvalue weighted by atomic mass is 9.87. The molecule has 1 saturated heterocycles. The Balaban J connectivity index is 1.24. The molecule has 4 nitrogen and oxygen atoms in total. The maximum absolute atomic E-state index is 6.41. The average molecular weight is 395 g/mol. The number of aromatic nitrogens is 2. The molecule has 1 saturated carbocycles. The molecular formula is C23H26N2O2S. The topological polar surface area (TPSA) is 44.2 Å². The van der Waals surface area contributed by atoms with E-state index in [0.717, 1.165) is 63.1 Å². The molecule has 0 spiro atoms. The second-order valence-corrected chi connectivity index (χ2v) is 8.96. The van der Waals surface area contributed by atoms with Crippen LogP contribution in [-0.2, 0) is 4.74 Å². The van der Waals surface area contributed by atoms with Crippen molar-refractivity contribution in [3.8, 4) is 5.88 Å². The second-order valence-electron chi connectivity index (χ2n) is 7.90. The van der Waals surface area contributed by atoms with Crippen molar-refractivity contribution in [3.63, 3.8) is 0 Å². The normalized spacial score (nSPS) is 23.7. The molecule has 28 heavy (non-hydrogen) atoms. The third-order valence-electron chi connectivity index (χ3n) is 6.07. The van der Waals surface area contributed by atoms with E-state index in [1.165, 1.54) is 15.3 Å². The van der Waals surface area contributed by atoms with Gasteiger partial charge in [0.05, 0.1) is 15.2 Å². The largest absolute Gasteiger partial charge is 0.474 e. The lowest BCUT2D eigenvalue weighted by Crippen LogP contribution is -2.25. The van der Waals surface area contributed by atoms with Gasteiger partial charge in [0.15, 0.2) is 0 Å². The quantitative estimate of drug-likeness (QED) is 0.570. The van der Waals surface area contributed by atoms with E-state index < -0.39 is 0 Å². The number of rotatable bonds is 4. The molecule has 0 atom stereocenters. The number of ether oxygens (including phenoxy) is 2. The number of hydrogen-bond donors (Lipinski definition) is 0. The van der Waals surface area contributed by atoms with E-state index >= 15 is 0 Å². The van der Waals surface area contributed by atoms with E-state index in [2.05, 4.69) is 35.3 Å². The van der Waals surface area contributed by atoms with Gasteiger partial charge in [0, 0.05) is 30.9 Å². The van der Waals surface area contributed by atoms with Gasteiger partial charge in [-0.05, 0) is 62.6 Å². The maximum Gasteiger partial charge on any atom is 0.217 e. The SMILES string of the molecule is c1cnc(OC2CCC(c3nc4ccccc4s3)CC2)c(C2CCOCC2)c1. The molecule has 1 aliphatic carbocycles. The van der Waals surface area contributed by atoms with Crippen LogP contribution in [0.4, 0.5) is 0 Å². The van der Waals surface area contributed by atoms with E-state index in [1.54, 1.807) is 0 Å². The lowest BCUT2D eigenvalue weighted by molar-refractivity contribution is 0.0828. The first-order valence-electron chi connectivity index (χ1n) is 10.4. The van der Waals surface area contributed by atoms with Crippen LogP contribution in [0, 0.1) is 0 Å². The zero-order valence-electron chi connectivity index (χ0n) is 16.0. The molecule has 2 aliphatic rings. The molecule has 3 heterocycles. The van der Waals surface area contributed by atoms with E-state index in [-0.39, 0.29) is 6.10 Å². The van der Waals surface area contributed by atoms with Crippen molar-refractivity contribution in [1.29, 1.82) is 0 Å². The number of pyridine rings is 1. The zero-order valence-corrected chi connectivity index (χ0v) is 16.9. The van der Waals surface area contributed by atoms with Crippen LogP contribution in [-0.4, -0.2) is 29.3 Å². The summed E-state index contributed by atoms with van der Waals surface area (Å²) in [6, 6.07) is 12.7. The predicted molar refractivity (Wildman–Crippen MR) is 112 cm³/mol. The minimum atomic E-state index is 0.263. The first-order chi connectivity index (χ1) is 13.9. The van der Waals surface area contributed by atoms with Crippen molar-refractivity contribution in [2.45, 2.75) is 56.5 Å². The molecule has 146 valence electrons. The Morgan fingerprint density at radius 1 is 0.893 bits per heavy atom. The van der Waals surface area contributed by atoms with Crippen molar-refractivity contribution in [1.82, 2.24) is 9.97 Å². The van der Waals surface area contributed by atoms with Crippen LogP contribution >= 0.6 is 11.3 Å². The van der Waals surface area contributed by atoms with Gasteiger partial charge >= 0.3 is 0 Å². The summed E-state index contributed by atoms with van der Waals surface area (Å²) in [6.07, 6.45) is 8.67. The standard InChI is InChI=1S/C23H26N2O2S/c1-2-6-21-20(5-1)25-23(28-21)17-7-9-18(10-8-17)27-22-19(4-3-13-24-22)16-11-14-26-15-12-16/h1-6,13,16-18H,7-12,14-15H2. The Morgan fingerprint density at radius 2 is 1.71 bits per heavy atom. The second kappa shape index (κ2) is 8.18. The summed E-state index contributed by atoms with van der Waals surface area (Å²) in [7, 11) is 0. The Bertz CT molecular complexity index is 894. The minimum absolute atomic E-state index is 0.263. The summed E-state index contributed by atoms with van der Waals surface area (Å²) < 4.78 is 13.2. The first kappa shape index (κ1) is 18.1. The van der Waals surface area contributed by atoms with E-state index in [9.17, 15) is 0 Å². The molecule has 0 radical (unpaired) electrons. The highest BCUT2D eigenvalue weighted by Crippen LogP contribution is 2.39. The average Bonchev–Trinajstić information content (AvgIpc) is 3.20. The molecular weight excluding hydrogens is 368 g/mol. The van der Waals surface area contributed by atoms with Crippen molar-refractivity contribution in [2.24, 2.45) is 0 Å². The van der Waals surface area contributed by atoms with Crippen molar-refractivity contribution in [2.75, 3.05) is 13.2 Å². The van der Waals surface area contributed by atoms with Crippen LogP contribution in [0.25, 0.3) is 10.2 Å². The Morgan fingerprint density at radius 3 is 2.54 bits per heavy atom. The number of fused-ring (bicyclic) bond motifs is 1. The summed E-state index contributed by atoms with van der Waals surface area (Å²) in [4.78, 5) is 9.45. The van der Waals surface area contributed by atoms with Crippen LogP contribution in [0.15, 0.2) is 42.6 Å². The van der Waals surface area contributed by atoms with Crippen LogP contribution < -0.4 is 4.74 Å². The summed E-state index contributed by atoms with van der Waals surface area (Å²) in [6.45, 7) is 1.68. The molecule has 2 aromatic heterocycles. The minimum Gasteiger partial charge on any atom is -0.474 e. The molecule has 0 unspecified atom stereocenters. The summed E-state index contributed by atoms with van der Waals surface area (Å²) in [5.41, 5.74) is 2.40. The summed E-state index contributed by atoms with van der Waals surface area (Å²) >= 11 is 1.85. The number of thiazole rings is 1. The monoisotopic (exact) mass is 394 g/mol. The number of benzene rings is 1. The van der Waals surface area contributed by atoms with Crippen LogP contribution in [0.2, 0.25) is 0 Å². The highest BCUT2D eigenvalue weighted by atomic mass is 32.1. The summed E-state index contributed by atoms with van der Waals surface area (Å²) in [5, 5.41) is 1.29. The molecule has 0 N–H and O–H groups in total. The molecule has 0 amide bonds. The predicted octanol–water partition coefficient (Wildman–Crippen LogP) is 5.69. The fourth-order valence-electron chi connectivity index (χ4n) is 4.47. The Kier molecular flexibility index (Phi) is 5.28. The van der Waals surface area contributed by atoms with E-state index in [4.69, 9.17) is 14.5 Å². The van der Waals surface area contributed by atoms with Gasteiger partial charge < -0.3 is 9.47 Å². The van der Waals surface area contributed by atoms with Gasteiger partial charge in [0.25, 0.3) is 0 Å². The third-order valence-corrected chi connectivity index (χ3v) is 7.27. The van der Waals surface area contributed by atoms with Crippen molar-refractivity contribution in [3.05, 3.63) is 53.2 Å². The van der Waals surface area contributed by atoms with E-state index in [1.807, 2.05) is 23.6 Å². The Labute approximate surface area is 169 Å². The lowest BCUT2D eigenvalue weighted by Gasteiger charge is -2.29. The van der Waals surface area contributed by atoms with Crippen LogP contribution in [0.3, 0.4) is 0 Å². The van der Waals surface area contributed by atoms with Gasteiger partial charge in [-0.25, -0.2) is 9.97 Å². The van der Waals surface area contributed by atoms with E-state index in [0.29, 0.717) is 11.8 Å². The van der Waals surface area contributed by atoms with Gasteiger partial charge in [-0.15, -0.1) is 11.3 Å².